The molecule has 0 N–H and O–H groups in total. The van der Waals surface area contributed by atoms with Crippen molar-refractivity contribution in [3.05, 3.63) is 58.3 Å². The van der Waals surface area contributed by atoms with Crippen molar-refractivity contribution in [3.63, 3.8) is 0 Å². The van der Waals surface area contributed by atoms with Crippen LogP contribution in [-0.4, -0.2) is 34.0 Å². The summed E-state index contributed by atoms with van der Waals surface area (Å²) in [4.78, 5) is 19.6. The summed E-state index contributed by atoms with van der Waals surface area (Å²) < 4.78 is 19.0. The Labute approximate surface area is 148 Å². The number of carbonyl (C=O) groups is 1. The molecule has 1 aliphatic heterocycles. The number of likely N-dealkylation sites (tertiary alicyclic amines) is 1. The van der Waals surface area contributed by atoms with E-state index in [0.29, 0.717) is 25.3 Å². The van der Waals surface area contributed by atoms with E-state index in [2.05, 4.69) is 16.2 Å². The number of halogens is 1. The van der Waals surface area contributed by atoms with Crippen molar-refractivity contribution in [1.29, 1.82) is 0 Å². The van der Waals surface area contributed by atoms with Crippen molar-refractivity contribution in [2.75, 3.05) is 13.1 Å². The van der Waals surface area contributed by atoms with E-state index in [4.69, 9.17) is 4.52 Å². The van der Waals surface area contributed by atoms with Gasteiger partial charge in [0.15, 0.2) is 5.82 Å². The van der Waals surface area contributed by atoms with E-state index < -0.39 is 5.82 Å². The van der Waals surface area contributed by atoms with Crippen molar-refractivity contribution >= 4 is 17.2 Å². The SMILES string of the molecule is O=C1CC(c2noc(-c3ccccc3F)n2)CN1CCc1cccs1. The number of thiophene rings is 1. The van der Waals surface area contributed by atoms with Gasteiger partial charge in [0.05, 0.1) is 5.56 Å². The van der Waals surface area contributed by atoms with Crippen LogP contribution in [0.2, 0.25) is 0 Å². The lowest BCUT2D eigenvalue weighted by Gasteiger charge is -2.15. The summed E-state index contributed by atoms with van der Waals surface area (Å²) in [6.45, 7) is 1.26. The smallest absolute Gasteiger partial charge is 0.260 e. The Kier molecular flexibility index (Phi) is 4.31. The molecular weight excluding hydrogens is 341 g/mol. The van der Waals surface area contributed by atoms with Crippen LogP contribution in [0.1, 0.15) is 23.0 Å². The van der Waals surface area contributed by atoms with Crippen LogP contribution in [0.4, 0.5) is 4.39 Å². The summed E-state index contributed by atoms with van der Waals surface area (Å²) in [6, 6.07) is 10.4. The monoisotopic (exact) mass is 357 g/mol. The maximum atomic E-state index is 13.8. The molecule has 0 aliphatic carbocycles. The fourth-order valence-electron chi connectivity index (χ4n) is 3.01. The normalized spacial score (nSPS) is 17.4. The fraction of sp³-hybridized carbons (Fsp3) is 0.278. The summed E-state index contributed by atoms with van der Waals surface area (Å²) in [7, 11) is 0. The first kappa shape index (κ1) is 16.0. The van der Waals surface area contributed by atoms with E-state index in [1.807, 2.05) is 16.3 Å². The summed E-state index contributed by atoms with van der Waals surface area (Å²) in [5.41, 5.74) is 0.278. The topological polar surface area (TPSA) is 59.2 Å². The second-order valence-corrected chi connectivity index (χ2v) is 7.04. The summed E-state index contributed by atoms with van der Waals surface area (Å²) in [5.74, 6) is 0.194. The van der Waals surface area contributed by atoms with E-state index in [9.17, 15) is 9.18 Å². The number of hydrogen-bond donors (Lipinski definition) is 0. The van der Waals surface area contributed by atoms with Crippen LogP contribution < -0.4 is 0 Å². The van der Waals surface area contributed by atoms with Crippen molar-refractivity contribution in [1.82, 2.24) is 15.0 Å². The Morgan fingerprint density at radius 1 is 1.28 bits per heavy atom. The fourth-order valence-corrected chi connectivity index (χ4v) is 3.70. The molecule has 4 rings (SSSR count). The lowest BCUT2D eigenvalue weighted by atomic mass is 10.1. The van der Waals surface area contributed by atoms with E-state index in [-0.39, 0.29) is 23.3 Å². The van der Waals surface area contributed by atoms with Gasteiger partial charge in [0.25, 0.3) is 5.89 Å². The molecule has 7 heteroatoms. The first-order valence-electron chi connectivity index (χ1n) is 8.09. The maximum absolute atomic E-state index is 13.8. The molecular formula is C18H16FN3O2S. The molecule has 0 spiro atoms. The number of carbonyl (C=O) groups excluding carboxylic acids is 1. The summed E-state index contributed by atoms with van der Waals surface area (Å²) in [5, 5.41) is 6.00. The molecule has 3 aromatic rings. The van der Waals surface area contributed by atoms with Crippen LogP contribution in [0, 0.1) is 5.82 Å². The first-order valence-corrected chi connectivity index (χ1v) is 8.97. The second-order valence-electron chi connectivity index (χ2n) is 6.01. The average molecular weight is 357 g/mol. The molecule has 128 valence electrons. The number of benzene rings is 1. The molecule has 3 heterocycles. The van der Waals surface area contributed by atoms with Gasteiger partial charge in [0.2, 0.25) is 5.91 Å². The molecule has 1 unspecified atom stereocenters. The number of amides is 1. The van der Waals surface area contributed by atoms with Crippen molar-refractivity contribution in [2.45, 2.75) is 18.8 Å². The molecule has 1 aliphatic rings. The molecule has 0 radical (unpaired) electrons. The predicted molar refractivity (Wildman–Crippen MR) is 91.7 cm³/mol. The number of rotatable bonds is 5. The molecule has 5 nitrogen and oxygen atoms in total. The van der Waals surface area contributed by atoms with Crippen molar-refractivity contribution < 1.29 is 13.7 Å². The Hall–Kier alpha value is -2.54. The highest BCUT2D eigenvalue weighted by Gasteiger charge is 2.33. The quantitative estimate of drug-likeness (QED) is 0.701. The highest BCUT2D eigenvalue weighted by Crippen LogP contribution is 2.29. The lowest BCUT2D eigenvalue weighted by molar-refractivity contribution is -0.127. The highest BCUT2D eigenvalue weighted by atomic mass is 32.1. The first-order chi connectivity index (χ1) is 12.2. The van der Waals surface area contributed by atoms with Gasteiger partial charge in [-0.25, -0.2) is 4.39 Å². The Balaban J connectivity index is 1.44. The number of hydrogen-bond acceptors (Lipinski definition) is 5. The van der Waals surface area contributed by atoms with E-state index in [0.717, 1.165) is 6.42 Å². The van der Waals surface area contributed by atoms with Gasteiger partial charge in [-0.3, -0.25) is 4.79 Å². The van der Waals surface area contributed by atoms with E-state index >= 15 is 0 Å². The van der Waals surface area contributed by atoms with Gasteiger partial charge in [-0.15, -0.1) is 11.3 Å². The molecule has 1 fully saturated rings. The van der Waals surface area contributed by atoms with Gasteiger partial charge in [0.1, 0.15) is 5.82 Å². The minimum atomic E-state index is -0.405. The van der Waals surface area contributed by atoms with Crippen LogP contribution in [0.5, 0.6) is 0 Å². The van der Waals surface area contributed by atoms with Gasteiger partial charge in [0, 0.05) is 30.3 Å². The minimum Gasteiger partial charge on any atom is -0.342 e. The largest absolute Gasteiger partial charge is 0.342 e. The molecule has 1 saturated heterocycles. The zero-order chi connectivity index (χ0) is 17.2. The van der Waals surface area contributed by atoms with Crippen molar-refractivity contribution in [2.24, 2.45) is 0 Å². The molecule has 1 atom stereocenters. The van der Waals surface area contributed by atoms with Gasteiger partial charge >= 0.3 is 0 Å². The molecule has 0 saturated carbocycles. The number of nitrogens with zero attached hydrogens (tertiary/aromatic N) is 3. The average Bonchev–Trinajstić information content (AvgIpc) is 3.34. The van der Waals surface area contributed by atoms with E-state index in [1.54, 1.807) is 29.5 Å². The van der Waals surface area contributed by atoms with Crippen LogP contribution in [-0.2, 0) is 11.2 Å². The Bertz CT molecular complexity index is 878. The zero-order valence-corrected chi connectivity index (χ0v) is 14.2. The Morgan fingerprint density at radius 3 is 2.96 bits per heavy atom. The molecule has 25 heavy (non-hydrogen) atoms. The maximum Gasteiger partial charge on any atom is 0.260 e. The highest BCUT2D eigenvalue weighted by molar-refractivity contribution is 7.09. The molecule has 1 aromatic carbocycles. The second kappa shape index (κ2) is 6.76. The van der Waals surface area contributed by atoms with Crippen LogP contribution in [0.15, 0.2) is 46.3 Å². The number of aromatic nitrogens is 2. The summed E-state index contributed by atoms with van der Waals surface area (Å²) in [6.07, 6.45) is 1.21. The van der Waals surface area contributed by atoms with Crippen LogP contribution >= 0.6 is 11.3 Å². The third-order valence-corrected chi connectivity index (χ3v) is 5.27. The molecule has 0 bridgehead atoms. The van der Waals surface area contributed by atoms with E-state index in [1.165, 1.54) is 10.9 Å². The molecule has 1 amide bonds. The van der Waals surface area contributed by atoms with Crippen molar-refractivity contribution in [3.8, 4) is 11.5 Å². The third kappa shape index (κ3) is 3.32. The van der Waals surface area contributed by atoms with Gasteiger partial charge < -0.3 is 9.42 Å². The Morgan fingerprint density at radius 2 is 2.16 bits per heavy atom. The molecule has 2 aromatic heterocycles. The van der Waals surface area contributed by atoms with Crippen LogP contribution in [0.25, 0.3) is 11.5 Å². The van der Waals surface area contributed by atoms with Gasteiger partial charge in [-0.05, 0) is 30.0 Å². The zero-order valence-electron chi connectivity index (χ0n) is 13.4. The minimum absolute atomic E-state index is 0.0961. The summed E-state index contributed by atoms with van der Waals surface area (Å²) >= 11 is 1.69. The predicted octanol–water partition coefficient (Wildman–Crippen LogP) is 3.50. The standard InChI is InChI=1S/C18H16FN3O2S/c19-15-6-2-1-5-14(15)18-20-17(21-24-18)12-10-16(23)22(11-12)8-7-13-4-3-9-25-13/h1-6,9,12H,7-8,10-11H2. The third-order valence-electron chi connectivity index (χ3n) is 4.33. The lowest BCUT2D eigenvalue weighted by Crippen LogP contribution is -2.27. The van der Waals surface area contributed by atoms with Crippen LogP contribution in [0.3, 0.4) is 0 Å². The van der Waals surface area contributed by atoms with Gasteiger partial charge in [-0.1, -0.05) is 23.4 Å². The van der Waals surface area contributed by atoms with Gasteiger partial charge in [-0.2, -0.15) is 4.98 Å².